The minimum Gasteiger partial charge on any atom is -0.381 e. The topological polar surface area (TPSA) is 21.3 Å². The first-order valence-electron chi connectivity index (χ1n) is 8.72. The van der Waals surface area contributed by atoms with Crippen LogP contribution in [0.5, 0.6) is 0 Å². The Morgan fingerprint density at radius 2 is 1.81 bits per heavy atom. The molecule has 1 heterocycles. The Morgan fingerprint density at radius 3 is 2.43 bits per heavy atom. The van der Waals surface area contributed by atoms with Crippen molar-refractivity contribution in [3.05, 3.63) is 34.9 Å². The summed E-state index contributed by atoms with van der Waals surface area (Å²) in [6, 6.07) is 7.63. The summed E-state index contributed by atoms with van der Waals surface area (Å²) in [7, 11) is 0. The number of aryl methyl sites for hydroxylation is 2. The molecule has 0 aromatic heterocycles. The predicted molar refractivity (Wildman–Crippen MR) is 89.8 cm³/mol. The fourth-order valence-corrected chi connectivity index (χ4v) is 3.42. The molecule has 1 atom stereocenters. The highest BCUT2D eigenvalue weighted by Crippen LogP contribution is 2.31. The van der Waals surface area contributed by atoms with Gasteiger partial charge >= 0.3 is 0 Å². The van der Waals surface area contributed by atoms with Crippen LogP contribution in [0, 0.1) is 5.92 Å². The molecule has 0 bridgehead atoms. The van der Waals surface area contributed by atoms with Crippen molar-refractivity contribution in [2.75, 3.05) is 19.8 Å². The molecule has 0 radical (unpaired) electrons. The van der Waals surface area contributed by atoms with Gasteiger partial charge in [0.25, 0.3) is 0 Å². The summed E-state index contributed by atoms with van der Waals surface area (Å²) < 4.78 is 5.54. The molecule has 2 rings (SSSR count). The third kappa shape index (κ3) is 4.31. The summed E-state index contributed by atoms with van der Waals surface area (Å²) in [4.78, 5) is 0. The fourth-order valence-electron chi connectivity index (χ4n) is 3.42. The molecule has 1 N–H and O–H groups in total. The average Bonchev–Trinajstić information content (AvgIpc) is 2.56. The Bertz CT molecular complexity index is 424. The maximum Gasteiger partial charge on any atom is 0.0469 e. The third-order valence-electron chi connectivity index (χ3n) is 4.70. The number of benzene rings is 1. The molecule has 1 aromatic carbocycles. The van der Waals surface area contributed by atoms with Crippen LogP contribution in [0.1, 0.15) is 62.8 Å². The Hall–Kier alpha value is -0.860. The van der Waals surface area contributed by atoms with Crippen molar-refractivity contribution in [2.24, 2.45) is 5.92 Å². The van der Waals surface area contributed by atoms with Gasteiger partial charge in [0.15, 0.2) is 0 Å². The van der Waals surface area contributed by atoms with Crippen molar-refractivity contribution in [1.29, 1.82) is 0 Å². The van der Waals surface area contributed by atoms with Gasteiger partial charge in [-0.15, -0.1) is 0 Å². The van der Waals surface area contributed by atoms with Gasteiger partial charge in [-0.2, -0.15) is 0 Å². The summed E-state index contributed by atoms with van der Waals surface area (Å²) in [6.45, 7) is 9.69. The molecule has 118 valence electrons. The van der Waals surface area contributed by atoms with Crippen molar-refractivity contribution in [1.82, 2.24) is 5.32 Å². The Balaban J connectivity index is 2.22. The van der Waals surface area contributed by atoms with Gasteiger partial charge in [0.05, 0.1) is 0 Å². The molecule has 0 amide bonds. The second-order valence-corrected chi connectivity index (χ2v) is 6.12. The average molecular weight is 289 g/mol. The number of rotatable bonds is 7. The van der Waals surface area contributed by atoms with Crippen LogP contribution in [0.2, 0.25) is 0 Å². The molecular weight excluding hydrogens is 258 g/mol. The van der Waals surface area contributed by atoms with Crippen molar-refractivity contribution in [3.63, 3.8) is 0 Å². The van der Waals surface area contributed by atoms with Gasteiger partial charge in [-0.25, -0.2) is 0 Å². The maximum absolute atomic E-state index is 5.54. The summed E-state index contributed by atoms with van der Waals surface area (Å²) >= 11 is 0. The van der Waals surface area contributed by atoms with Gasteiger partial charge < -0.3 is 10.1 Å². The predicted octanol–water partition coefficient (Wildman–Crippen LogP) is 4.28. The minimum atomic E-state index is 0.491. The SMILES string of the molecule is CCCNC(c1ccc(CC)c(CC)c1)C1CCOCC1. The molecule has 0 saturated carbocycles. The van der Waals surface area contributed by atoms with Crippen LogP contribution in [0.4, 0.5) is 0 Å². The van der Waals surface area contributed by atoms with Gasteiger partial charge in [-0.3, -0.25) is 0 Å². The Labute approximate surface area is 130 Å². The van der Waals surface area contributed by atoms with Crippen molar-refractivity contribution >= 4 is 0 Å². The molecule has 1 saturated heterocycles. The van der Waals surface area contributed by atoms with Crippen LogP contribution in [-0.2, 0) is 17.6 Å². The Morgan fingerprint density at radius 1 is 1.10 bits per heavy atom. The second-order valence-electron chi connectivity index (χ2n) is 6.12. The van der Waals surface area contributed by atoms with Crippen LogP contribution in [0.3, 0.4) is 0 Å². The summed E-state index contributed by atoms with van der Waals surface area (Å²) in [5, 5.41) is 3.79. The van der Waals surface area contributed by atoms with Crippen LogP contribution in [0.25, 0.3) is 0 Å². The largest absolute Gasteiger partial charge is 0.381 e. The third-order valence-corrected chi connectivity index (χ3v) is 4.70. The van der Waals surface area contributed by atoms with E-state index in [9.17, 15) is 0 Å². The quantitative estimate of drug-likeness (QED) is 0.809. The van der Waals surface area contributed by atoms with Crippen LogP contribution in [0.15, 0.2) is 18.2 Å². The van der Waals surface area contributed by atoms with Gasteiger partial charge in [0.1, 0.15) is 0 Å². The number of ether oxygens (including phenoxy) is 1. The zero-order chi connectivity index (χ0) is 15.1. The lowest BCUT2D eigenvalue weighted by atomic mass is 9.85. The van der Waals surface area contributed by atoms with E-state index in [4.69, 9.17) is 4.74 Å². The molecule has 1 aliphatic rings. The van der Waals surface area contributed by atoms with E-state index in [2.05, 4.69) is 44.3 Å². The molecule has 21 heavy (non-hydrogen) atoms. The highest BCUT2D eigenvalue weighted by atomic mass is 16.5. The number of hydrogen-bond acceptors (Lipinski definition) is 2. The van der Waals surface area contributed by atoms with Gasteiger partial charge in [0.2, 0.25) is 0 Å². The first-order valence-corrected chi connectivity index (χ1v) is 8.72. The lowest BCUT2D eigenvalue weighted by Crippen LogP contribution is -2.32. The van der Waals surface area contributed by atoms with E-state index >= 15 is 0 Å². The smallest absolute Gasteiger partial charge is 0.0469 e. The minimum absolute atomic E-state index is 0.491. The van der Waals surface area contributed by atoms with Gasteiger partial charge in [-0.1, -0.05) is 39.0 Å². The zero-order valence-corrected chi connectivity index (χ0v) is 14.0. The molecule has 0 spiro atoms. The van der Waals surface area contributed by atoms with Gasteiger partial charge in [-0.05, 0) is 61.3 Å². The highest BCUT2D eigenvalue weighted by Gasteiger charge is 2.25. The zero-order valence-electron chi connectivity index (χ0n) is 14.0. The number of hydrogen-bond donors (Lipinski definition) is 1. The fraction of sp³-hybridized carbons (Fsp3) is 0.684. The van der Waals surface area contributed by atoms with E-state index in [1.807, 2.05) is 0 Å². The van der Waals surface area contributed by atoms with Crippen LogP contribution in [-0.4, -0.2) is 19.8 Å². The first kappa shape index (κ1) is 16.5. The molecular formula is C19H31NO. The molecule has 1 fully saturated rings. The normalized spacial score (nSPS) is 17.9. The Kier molecular flexibility index (Phi) is 6.72. The van der Waals surface area contributed by atoms with Crippen LogP contribution < -0.4 is 5.32 Å². The molecule has 1 aliphatic heterocycles. The lowest BCUT2D eigenvalue weighted by Gasteiger charge is -2.32. The number of nitrogens with one attached hydrogen (secondary N) is 1. The summed E-state index contributed by atoms with van der Waals surface area (Å²) in [5.74, 6) is 0.711. The molecule has 2 heteroatoms. The molecule has 1 unspecified atom stereocenters. The second kappa shape index (κ2) is 8.55. The van der Waals surface area contributed by atoms with E-state index < -0.39 is 0 Å². The summed E-state index contributed by atoms with van der Waals surface area (Å²) in [6.07, 6.45) is 5.81. The van der Waals surface area contributed by atoms with E-state index in [0.29, 0.717) is 12.0 Å². The van der Waals surface area contributed by atoms with E-state index in [1.165, 1.54) is 36.0 Å². The van der Waals surface area contributed by atoms with E-state index in [1.54, 1.807) is 0 Å². The van der Waals surface area contributed by atoms with Crippen LogP contribution >= 0.6 is 0 Å². The monoisotopic (exact) mass is 289 g/mol. The van der Waals surface area contributed by atoms with E-state index in [0.717, 1.165) is 32.6 Å². The summed E-state index contributed by atoms with van der Waals surface area (Å²) in [5.41, 5.74) is 4.50. The highest BCUT2D eigenvalue weighted by molar-refractivity contribution is 5.34. The molecule has 0 aliphatic carbocycles. The first-order chi connectivity index (χ1) is 10.3. The molecule has 2 nitrogen and oxygen atoms in total. The van der Waals surface area contributed by atoms with Crippen molar-refractivity contribution in [2.45, 2.75) is 58.9 Å². The molecule has 1 aromatic rings. The van der Waals surface area contributed by atoms with Crippen molar-refractivity contribution < 1.29 is 4.74 Å². The van der Waals surface area contributed by atoms with E-state index in [-0.39, 0.29) is 0 Å². The van der Waals surface area contributed by atoms with Gasteiger partial charge in [0, 0.05) is 19.3 Å². The maximum atomic E-state index is 5.54. The van der Waals surface area contributed by atoms with Crippen molar-refractivity contribution in [3.8, 4) is 0 Å². The standard InChI is InChI=1S/C19H31NO/c1-4-11-20-19(17-9-12-21-13-10-17)18-8-7-15(5-2)16(6-3)14-18/h7-8,14,17,19-20H,4-6,9-13H2,1-3H3. The lowest BCUT2D eigenvalue weighted by molar-refractivity contribution is 0.0536.